The first-order valence-electron chi connectivity index (χ1n) is 6.03. The summed E-state index contributed by atoms with van der Waals surface area (Å²) < 4.78 is 5.92. The fraction of sp³-hybridized carbons (Fsp3) is 0.538. The van der Waals surface area contributed by atoms with Gasteiger partial charge in [0.05, 0.1) is 12.2 Å². The fourth-order valence-corrected chi connectivity index (χ4v) is 1.87. The number of carboxylic acid groups (broad SMARTS) is 1. The molecule has 2 rings (SSSR count). The van der Waals surface area contributed by atoms with Crippen molar-refractivity contribution in [1.82, 2.24) is 4.98 Å². The average Bonchev–Trinajstić information content (AvgIpc) is 2.27. The van der Waals surface area contributed by atoms with E-state index < -0.39 is 5.97 Å². The van der Waals surface area contributed by atoms with E-state index in [-0.39, 0.29) is 12.5 Å². The van der Waals surface area contributed by atoms with Crippen LogP contribution in [0.1, 0.15) is 43.8 Å². The maximum atomic E-state index is 10.6. The molecule has 17 heavy (non-hydrogen) atoms. The largest absolute Gasteiger partial charge is 0.481 e. The maximum absolute atomic E-state index is 10.6. The summed E-state index contributed by atoms with van der Waals surface area (Å²) in [6, 6.07) is 3.80. The Morgan fingerprint density at radius 1 is 1.59 bits per heavy atom. The highest BCUT2D eigenvalue weighted by Crippen LogP contribution is 2.31. The summed E-state index contributed by atoms with van der Waals surface area (Å²) in [5.41, 5.74) is 0.973. The van der Waals surface area contributed by atoms with Crippen LogP contribution in [-0.4, -0.2) is 22.2 Å². The quantitative estimate of drug-likeness (QED) is 0.823. The van der Waals surface area contributed by atoms with Gasteiger partial charge in [-0.2, -0.15) is 0 Å². The molecule has 92 valence electrons. The number of carboxylic acids is 1. The highest BCUT2D eigenvalue weighted by atomic mass is 16.5. The van der Waals surface area contributed by atoms with Crippen molar-refractivity contribution in [2.45, 2.75) is 44.3 Å². The summed E-state index contributed by atoms with van der Waals surface area (Å²) in [5, 5.41) is 8.74. The lowest BCUT2D eigenvalue weighted by Crippen LogP contribution is -2.24. The summed E-state index contributed by atoms with van der Waals surface area (Å²) in [5.74, 6) is -0.781. The van der Waals surface area contributed by atoms with Crippen LogP contribution in [0.2, 0.25) is 0 Å². The SMILES string of the molecule is O=C(O)CCC(OC1CCC1)c1cccnc1. The van der Waals surface area contributed by atoms with Crippen LogP contribution in [-0.2, 0) is 9.53 Å². The summed E-state index contributed by atoms with van der Waals surface area (Å²) in [6.07, 6.45) is 7.66. The molecule has 1 aliphatic carbocycles. The Hall–Kier alpha value is -1.42. The van der Waals surface area contributed by atoms with Gasteiger partial charge in [-0.15, -0.1) is 0 Å². The molecule has 0 saturated heterocycles. The molecule has 0 radical (unpaired) electrons. The van der Waals surface area contributed by atoms with Gasteiger partial charge in [-0.05, 0) is 37.3 Å². The molecule has 1 heterocycles. The summed E-state index contributed by atoms with van der Waals surface area (Å²) in [4.78, 5) is 14.7. The first-order chi connectivity index (χ1) is 8.25. The molecule has 0 bridgehead atoms. The Kier molecular flexibility index (Phi) is 4.09. The second-order valence-corrected chi connectivity index (χ2v) is 4.40. The molecule has 1 aromatic heterocycles. The highest BCUT2D eigenvalue weighted by Gasteiger charge is 2.24. The third-order valence-electron chi connectivity index (χ3n) is 3.09. The Morgan fingerprint density at radius 3 is 2.94 bits per heavy atom. The number of carbonyl (C=O) groups is 1. The van der Waals surface area contributed by atoms with Crippen molar-refractivity contribution in [3.05, 3.63) is 30.1 Å². The zero-order valence-corrected chi connectivity index (χ0v) is 9.71. The van der Waals surface area contributed by atoms with Crippen LogP contribution in [0.15, 0.2) is 24.5 Å². The van der Waals surface area contributed by atoms with Crippen molar-refractivity contribution < 1.29 is 14.6 Å². The Labute approximate surface area is 101 Å². The zero-order valence-electron chi connectivity index (χ0n) is 9.71. The second-order valence-electron chi connectivity index (χ2n) is 4.40. The lowest BCUT2D eigenvalue weighted by molar-refractivity contribution is -0.138. The first-order valence-corrected chi connectivity index (χ1v) is 6.03. The minimum atomic E-state index is -0.781. The zero-order chi connectivity index (χ0) is 12.1. The Balaban J connectivity index is 1.98. The van der Waals surface area contributed by atoms with Gasteiger partial charge >= 0.3 is 5.97 Å². The van der Waals surface area contributed by atoms with Gasteiger partial charge in [0.1, 0.15) is 0 Å². The third-order valence-corrected chi connectivity index (χ3v) is 3.09. The van der Waals surface area contributed by atoms with Gasteiger partial charge in [0, 0.05) is 18.8 Å². The van der Waals surface area contributed by atoms with E-state index in [0.717, 1.165) is 18.4 Å². The number of hydrogen-bond donors (Lipinski definition) is 1. The third kappa shape index (κ3) is 3.53. The van der Waals surface area contributed by atoms with E-state index in [9.17, 15) is 4.79 Å². The van der Waals surface area contributed by atoms with Crippen molar-refractivity contribution in [1.29, 1.82) is 0 Å². The van der Waals surface area contributed by atoms with Gasteiger partial charge in [0.25, 0.3) is 0 Å². The molecule has 4 nitrogen and oxygen atoms in total. The standard InChI is InChI=1S/C13H17NO3/c15-13(16)7-6-12(17-11-4-1-5-11)10-3-2-8-14-9-10/h2-3,8-9,11-12H,1,4-7H2,(H,15,16). The van der Waals surface area contributed by atoms with Crippen molar-refractivity contribution >= 4 is 5.97 Å². The van der Waals surface area contributed by atoms with Gasteiger partial charge < -0.3 is 9.84 Å². The van der Waals surface area contributed by atoms with Gasteiger partial charge in [0.2, 0.25) is 0 Å². The van der Waals surface area contributed by atoms with Gasteiger partial charge in [-0.1, -0.05) is 6.07 Å². The van der Waals surface area contributed by atoms with E-state index in [2.05, 4.69) is 4.98 Å². The van der Waals surface area contributed by atoms with E-state index in [1.165, 1.54) is 6.42 Å². The molecule has 1 fully saturated rings. The number of pyridine rings is 1. The predicted octanol–water partition coefficient (Wildman–Crippen LogP) is 2.56. The molecule has 1 saturated carbocycles. The topological polar surface area (TPSA) is 59.4 Å². The number of hydrogen-bond acceptors (Lipinski definition) is 3. The van der Waals surface area contributed by atoms with Crippen LogP contribution in [0.3, 0.4) is 0 Å². The van der Waals surface area contributed by atoms with Crippen molar-refractivity contribution in [2.24, 2.45) is 0 Å². The van der Waals surface area contributed by atoms with Gasteiger partial charge in [-0.3, -0.25) is 9.78 Å². The molecule has 0 aliphatic heterocycles. The first kappa shape index (κ1) is 12.0. The highest BCUT2D eigenvalue weighted by molar-refractivity contribution is 5.66. The van der Waals surface area contributed by atoms with Crippen LogP contribution < -0.4 is 0 Å². The molecule has 0 aromatic carbocycles. The summed E-state index contributed by atoms with van der Waals surface area (Å²) in [6.45, 7) is 0. The second kappa shape index (κ2) is 5.77. The Bertz CT molecular complexity index is 362. The van der Waals surface area contributed by atoms with Crippen LogP contribution in [0.25, 0.3) is 0 Å². The lowest BCUT2D eigenvalue weighted by Gasteiger charge is -2.30. The molecule has 0 spiro atoms. The van der Waals surface area contributed by atoms with Gasteiger partial charge in [-0.25, -0.2) is 0 Å². The molecular formula is C13H17NO3. The molecular weight excluding hydrogens is 218 g/mol. The molecule has 0 amide bonds. The predicted molar refractivity (Wildman–Crippen MR) is 62.6 cm³/mol. The molecule has 1 aliphatic rings. The number of aliphatic carboxylic acids is 1. The lowest BCUT2D eigenvalue weighted by atomic mass is 9.95. The minimum absolute atomic E-state index is 0.131. The normalized spacial score (nSPS) is 17.4. The summed E-state index contributed by atoms with van der Waals surface area (Å²) >= 11 is 0. The monoisotopic (exact) mass is 235 g/mol. The molecule has 1 aromatic rings. The van der Waals surface area contributed by atoms with Crippen molar-refractivity contribution in [2.75, 3.05) is 0 Å². The average molecular weight is 235 g/mol. The van der Waals surface area contributed by atoms with Crippen LogP contribution in [0.4, 0.5) is 0 Å². The Morgan fingerprint density at radius 2 is 2.41 bits per heavy atom. The van der Waals surface area contributed by atoms with Gasteiger partial charge in [0.15, 0.2) is 0 Å². The van der Waals surface area contributed by atoms with E-state index >= 15 is 0 Å². The van der Waals surface area contributed by atoms with Crippen LogP contribution in [0.5, 0.6) is 0 Å². The maximum Gasteiger partial charge on any atom is 0.303 e. The van der Waals surface area contributed by atoms with Crippen molar-refractivity contribution in [3.8, 4) is 0 Å². The van der Waals surface area contributed by atoms with Crippen LogP contribution in [0, 0.1) is 0 Å². The fourth-order valence-electron chi connectivity index (χ4n) is 1.87. The minimum Gasteiger partial charge on any atom is -0.481 e. The number of aromatic nitrogens is 1. The van der Waals surface area contributed by atoms with E-state index in [4.69, 9.17) is 9.84 Å². The van der Waals surface area contributed by atoms with Crippen molar-refractivity contribution in [3.63, 3.8) is 0 Å². The molecule has 1 atom stereocenters. The molecule has 4 heteroatoms. The number of nitrogens with zero attached hydrogens (tertiary/aromatic N) is 1. The van der Waals surface area contributed by atoms with E-state index in [0.29, 0.717) is 12.5 Å². The number of rotatable bonds is 6. The van der Waals surface area contributed by atoms with E-state index in [1.807, 2.05) is 12.1 Å². The summed E-state index contributed by atoms with van der Waals surface area (Å²) in [7, 11) is 0. The van der Waals surface area contributed by atoms with Crippen LogP contribution >= 0.6 is 0 Å². The molecule has 1 N–H and O–H groups in total. The smallest absolute Gasteiger partial charge is 0.303 e. The van der Waals surface area contributed by atoms with E-state index in [1.54, 1.807) is 12.4 Å². The number of ether oxygens (including phenoxy) is 1. The molecule has 1 unspecified atom stereocenters.